The highest BCUT2D eigenvalue weighted by molar-refractivity contribution is 6.23. The number of carbonyl (C=O) groups is 5. The number of nitrogens with one attached hydrogen (secondary N) is 2. The lowest BCUT2D eigenvalue weighted by Gasteiger charge is -2.63. The molecule has 5 amide bonds. The van der Waals surface area contributed by atoms with Crippen molar-refractivity contribution in [3.05, 3.63) is 71.2 Å². The molecule has 2 saturated carbocycles. The first kappa shape index (κ1) is 44.5. The molecule has 2 aromatic carbocycles. The van der Waals surface area contributed by atoms with Crippen molar-refractivity contribution in [3.8, 4) is 23.3 Å². The quantitative estimate of drug-likeness (QED) is 0.206. The zero-order chi connectivity index (χ0) is 45.5. The fourth-order valence-electron chi connectivity index (χ4n) is 10.5. The molecule has 5 aliphatic rings. The molecular weight excluding hydrogens is 821 g/mol. The molecule has 8 rings (SSSR count). The largest absolute Gasteiger partial charge is 0.495 e. The van der Waals surface area contributed by atoms with Crippen LogP contribution in [0.15, 0.2) is 48.8 Å². The van der Waals surface area contributed by atoms with Gasteiger partial charge in [0.05, 0.1) is 42.8 Å². The predicted octanol–water partition coefficient (Wildman–Crippen LogP) is 4.14. The first-order valence-electron chi connectivity index (χ1n) is 22.0. The number of imide groups is 2. The topological polar surface area (TPSA) is 206 Å². The Morgan fingerprint density at radius 3 is 2.28 bits per heavy atom. The summed E-state index contributed by atoms with van der Waals surface area (Å²) in [4.78, 5) is 78.9. The molecule has 2 N–H and O–H groups in total. The summed E-state index contributed by atoms with van der Waals surface area (Å²) in [6.07, 6.45) is 6.68. The van der Waals surface area contributed by atoms with Gasteiger partial charge in [0, 0.05) is 81.5 Å². The third kappa shape index (κ3) is 8.48. The third-order valence-electron chi connectivity index (χ3n) is 13.8. The van der Waals surface area contributed by atoms with Crippen LogP contribution in [0.4, 0.5) is 5.82 Å². The number of piperidine rings is 2. The third-order valence-corrected chi connectivity index (χ3v) is 13.8. The Balaban J connectivity index is 0.802. The summed E-state index contributed by atoms with van der Waals surface area (Å²) in [5, 5.41) is 14.8. The van der Waals surface area contributed by atoms with E-state index in [0.29, 0.717) is 41.4 Å². The number of amides is 5. The van der Waals surface area contributed by atoms with Gasteiger partial charge in [-0.2, -0.15) is 5.26 Å². The highest BCUT2D eigenvalue weighted by Crippen LogP contribution is 2.55. The smallest absolute Gasteiger partial charge is 0.271 e. The Kier molecular flexibility index (Phi) is 12.4. The van der Waals surface area contributed by atoms with Crippen LogP contribution in [0.25, 0.3) is 0 Å². The molecule has 0 bridgehead atoms. The van der Waals surface area contributed by atoms with Gasteiger partial charge in [-0.15, -0.1) is 0 Å². The molecular formula is C47H56N8O9. The SMILES string of the molecule is COCCN(CC1CCN(c2cnc(C(=O)NC3C(C)(C)C(Oc4ccc(C#N)c(OC)c4)C3(C)C)cn2)CC1)C1CC(Oc2ccc3c(c2)C(=O)N(C2CCC(=O)NC2=O)C3=O)C1. The molecule has 3 aromatic rings. The van der Waals surface area contributed by atoms with E-state index in [0.717, 1.165) is 62.6 Å². The normalized spacial score (nSPS) is 24.9. The lowest BCUT2D eigenvalue weighted by molar-refractivity contribution is -0.164. The van der Waals surface area contributed by atoms with Crippen LogP contribution in [0.5, 0.6) is 17.2 Å². The fourth-order valence-corrected chi connectivity index (χ4v) is 10.5. The Labute approximate surface area is 372 Å². The number of anilines is 1. The molecule has 4 heterocycles. The number of benzene rings is 2. The minimum atomic E-state index is -1.02. The van der Waals surface area contributed by atoms with Gasteiger partial charge in [-0.05, 0) is 55.5 Å². The summed E-state index contributed by atoms with van der Waals surface area (Å²) >= 11 is 0. The van der Waals surface area contributed by atoms with Crippen molar-refractivity contribution < 1.29 is 42.9 Å². The number of aromatic nitrogens is 2. The number of fused-ring (bicyclic) bond motifs is 1. The first-order valence-corrected chi connectivity index (χ1v) is 22.0. The standard InChI is InChI=1S/C47H56N8O9/c1-46(2)44(47(3,4)45(46)64-31-8-7-28(23-48)37(22-31)62-6)52-40(57)35-24-50-38(25-49-35)53-15-13-27(14-16-53)26-54(17-18-61-5)29-19-32(20-29)63-30-9-10-33-34(21-30)43(60)55(42(33)59)36-11-12-39(56)51-41(36)58/h7-10,21-22,24-25,27,29,32,36,44-45H,11-20,26H2,1-6H3,(H,52,57)(H,51,56,58). The second-order valence-electron chi connectivity index (χ2n) is 18.7. The minimum Gasteiger partial charge on any atom is -0.495 e. The van der Waals surface area contributed by atoms with E-state index in [1.54, 1.807) is 55.9 Å². The number of hydrogen-bond acceptors (Lipinski definition) is 14. The van der Waals surface area contributed by atoms with E-state index < -0.39 is 40.5 Å². The molecule has 64 heavy (non-hydrogen) atoms. The van der Waals surface area contributed by atoms with Gasteiger partial charge < -0.3 is 29.2 Å². The molecule has 338 valence electrons. The van der Waals surface area contributed by atoms with Gasteiger partial charge in [-0.1, -0.05) is 27.7 Å². The van der Waals surface area contributed by atoms with Crippen molar-refractivity contribution in [2.24, 2.45) is 16.7 Å². The van der Waals surface area contributed by atoms with E-state index in [-0.39, 0.29) is 53.8 Å². The number of nitrogens with zero attached hydrogens (tertiary/aromatic N) is 6. The van der Waals surface area contributed by atoms with Crippen LogP contribution in [0.3, 0.4) is 0 Å². The molecule has 0 radical (unpaired) electrons. The fraction of sp³-hybridized carbons (Fsp3) is 0.532. The van der Waals surface area contributed by atoms with Crippen LogP contribution >= 0.6 is 0 Å². The lowest BCUT2D eigenvalue weighted by atomic mass is 9.49. The van der Waals surface area contributed by atoms with Gasteiger partial charge in [-0.3, -0.25) is 39.1 Å². The van der Waals surface area contributed by atoms with E-state index >= 15 is 0 Å². The molecule has 3 aliphatic heterocycles. The second-order valence-corrected chi connectivity index (χ2v) is 18.7. The summed E-state index contributed by atoms with van der Waals surface area (Å²) in [7, 11) is 3.23. The van der Waals surface area contributed by atoms with Crippen molar-refractivity contribution in [3.63, 3.8) is 0 Å². The molecule has 2 aliphatic carbocycles. The molecule has 2 saturated heterocycles. The highest BCUT2D eigenvalue weighted by atomic mass is 16.5. The zero-order valence-electron chi connectivity index (χ0n) is 37.2. The summed E-state index contributed by atoms with van der Waals surface area (Å²) < 4.78 is 23.6. The van der Waals surface area contributed by atoms with E-state index in [4.69, 9.17) is 18.9 Å². The molecule has 1 aromatic heterocycles. The van der Waals surface area contributed by atoms with Crippen LogP contribution in [0.2, 0.25) is 0 Å². The van der Waals surface area contributed by atoms with Gasteiger partial charge in [0.15, 0.2) is 0 Å². The molecule has 1 unspecified atom stereocenters. The molecule has 17 nitrogen and oxygen atoms in total. The van der Waals surface area contributed by atoms with Crippen LogP contribution < -0.4 is 29.7 Å². The number of ether oxygens (including phenoxy) is 4. The lowest BCUT2D eigenvalue weighted by Crippen LogP contribution is -2.74. The maximum atomic E-state index is 13.5. The summed E-state index contributed by atoms with van der Waals surface area (Å²) in [6.45, 7) is 12.2. The summed E-state index contributed by atoms with van der Waals surface area (Å²) in [6, 6.07) is 11.2. The number of hydrogen-bond donors (Lipinski definition) is 2. The van der Waals surface area contributed by atoms with Crippen LogP contribution in [-0.4, -0.2) is 127 Å². The van der Waals surface area contributed by atoms with Gasteiger partial charge in [0.2, 0.25) is 11.8 Å². The number of methoxy groups -OCH3 is 2. The highest BCUT2D eigenvalue weighted by Gasteiger charge is 2.64. The van der Waals surface area contributed by atoms with Crippen molar-refractivity contribution >= 4 is 35.4 Å². The monoisotopic (exact) mass is 876 g/mol. The van der Waals surface area contributed by atoms with Gasteiger partial charge in [0.1, 0.15) is 53.1 Å². The van der Waals surface area contributed by atoms with Crippen molar-refractivity contribution in [1.82, 2.24) is 30.4 Å². The Morgan fingerprint density at radius 2 is 1.62 bits per heavy atom. The van der Waals surface area contributed by atoms with E-state index in [1.807, 2.05) is 0 Å². The van der Waals surface area contributed by atoms with Crippen molar-refractivity contribution in [1.29, 1.82) is 5.26 Å². The van der Waals surface area contributed by atoms with Gasteiger partial charge in [-0.25, -0.2) is 9.97 Å². The molecule has 17 heteroatoms. The molecule has 4 fully saturated rings. The summed E-state index contributed by atoms with van der Waals surface area (Å²) in [5.41, 5.74) is 0.281. The van der Waals surface area contributed by atoms with Crippen LogP contribution in [0, 0.1) is 28.1 Å². The van der Waals surface area contributed by atoms with Crippen LogP contribution in [0.1, 0.15) is 103 Å². The zero-order valence-corrected chi connectivity index (χ0v) is 37.2. The molecule has 1 atom stereocenters. The predicted molar refractivity (Wildman–Crippen MR) is 232 cm³/mol. The number of nitriles is 1. The number of rotatable bonds is 15. The van der Waals surface area contributed by atoms with Crippen LogP contribution in [-0.2, 0) is 14.3 Å². The minimum absolute atomic E-state index is 0.0558. The maximum absolute atomic E-state index is 13.5. The Morgan fingerprint density at radius 1 is 0.922 bits per heavy atom. The maximum Gasteiger partial charge on any atom is 0.271 e. The Bertz CT molecular complexity index is 2330. The van der Waals surface area contributed by atoms with Crippen molar-refractivity contribution in [2.45, 2.75) is 96.6 Å². The summed E-state index contributed by atoms with van der Waals surface area (Å²) in [5.74, 6) is 0.302. The first-order chi connectivity index (χ1) is 30.6. The van der Waals surface area contributed by atoms with E-state index in [2.05, 4.69) is 64.2 Å². The van der Waals surface area contributed by atoms with Crippen molar-refractivity contribution in [2.75, 3.05) is 51.9 Å². The average Bonchev–Trinajstić information content (AvgIpc) is 3.51. The second kappa shape index (κ2) is 17.8. The average molecular weight is 877 g/mol. The van der Waals surface area contributed by atoms with Gasteiger partial charge in [0.25, 0.3) is 17.7 Å². The number of carbonyl (C=O) groups excluding carboxylic acids is 5. The molecule has 0 spiro atoms. The van der Waals surface area contributed by atoms with E-state index in [1.165, 1.54) is 7.11 Å². The Hall–Kier alpha value is -6.12. The van der Waals surface area contributed by atoms with E-state index in [9.17, 15) is 29.2 Å². The van der Waals surface area contributed by atoms with Gasteiger partial charge >= 0.3 is 0 Å².